The standard InChI is InChI=1S/C42H45NO10S2/c1-41(2,3)51-39(44)29-49-33-14-20-36(21-15-33)54(53-55(46,47)38-10-8-7-9-11-38,35-18-12-32(13-19-35)48-28-31-24-26-43-27-25-31)37-22-16-34(17-23-37)50-30-40(45)52-42(4,5)6/h7-27H,28-30H2,1-6H3. The van der Waals surface area contributed by atoms with Crippen molar-refractivity contribution < 1.29 is 45.3 Å². The molecule has 290 valence electrons. The number of hydrogen-bond donors (Lipinski definition) is 0. The van der Waals surface area contributed by atoms with E-state index in [9.17, 15) is 18.0 Å². The van der Waals surface area contributed by atoms with E-state index in [1.807, 2.05) is 12.1 Å². The predicted molar refractivity (Wildman–Crippen MR) is 208 cm³/mol. The van der Waals surface area contributed by atoms with E-state index in [1.54, 1.807) is 145 Å². The maximum absolute atomic E-state index is 14.2. The van der Waals surface area contributed by atoms with Gasteiger partial charge in [-0.15, -0.1) is 0 Å². The average Bonchev–Trinajstić information content (AvgIpc) is 3.15. The predicted octanol–water partition coefficient (Wildman–Crippen LogP) is 8.70. The molecule has 4 aromatic carbocycles. The molecule has 0 fully saturated rings. The van der Waals surface area contributed by atoms with Gasteiger partial charge in [-0.2, -0.15) is 8.42 Å². The first-order chi connectivity index (χ1) is 26.0. The lowest BCUT2D eigenvalue weighted by atomic mass is 10.2. The van der Waals surface area contributed by atoms with Crippen molar-refractivity contribution in [3.8, 4) is 17.2 Å². The van der Waals surface area contributed by atoms with Gasteiger partial charge < -0.3 is 23.7 Å². The van der Waals surface area contributed by atoms with E-state index in [0.29, 0.717) is 38.5 Å². The Hall–Kier alpha value is -5.37. The number of carbonyl (C=O) groups is 2. The van der Waals surface area contributed by atoms with Crippen LogP contribution in [-0.4, -0.2) is 49.8 Å². The lowest BCUT2D eigenvalue weighted by Gasteiger charge is -2.39. The lowest BCUT2D eigenvalue weighted by Crippen LogP contribution is -2.27. The molecular formula is C42H45NO10S2. The van der Waals surface area contributed by atoms with Gasteiger partial charge in [0.05, 0.1) is 4.90 Å². The Morgan fingerprint density at radius 1 is 0.527 bits per heavy atom. The minimum absolute atomic E-state index is 0.0289. The zero-order chi connectivity index (χ0) is 39.7. The first-order valence-corrected chi connectivity index (χ1v) is 20.3. The van der Waals surface area contributed by atoms with E-state index in [2.05, 4.69) is 4.98 Å². The van der Waals surface area contributed by atoms with Gasteiger partial charge in [0, 0.05) is 27.1 Å². The summed E-state index contributed by atoms with van der Waals surface area (Å²) in [6.45, 7) is 10.3. The van der Waals surface area contributed by atoms with Crippen molar-refractivity contribution in [3.63, 3.8) is 0 Å². The number of ether oxygens (including phenoxy) is 5. The molecule has 0 bridgehead atoms. The van der Waals surface area contributed by atoms with Crippen molar-refractivity contribution in [1.82, 2.24) is 4.98 Å². The molecule has 0 aliphatic heterocycles. The van der Waals surface area contributed by atoms with Crippen LogP contribution in [0, 0.1) is 0 Å². The van der Waals surface area contributed by atoms with Crippen molar-refractivity contribution in [2.45, 2.75) is 78.9 Å². The molecule has 1 heterocycles. The highest BCUT2D eigenvalue weighted by atomic mass is 32.3. The topological polar surface area (TPSA) is 137 Å². The summed E-state index contributed by atoms with van der Waals surface area (Å²) < 4.78 is 63.2. The maximum Gasteiger partial charge on any atom is 0.344 e. The van der Waals surface area contributed by atoms with E-state index < -0.39 is 43.6 Å². The molecule has 0 aliphatic rings. The van der Waals surface area contributed by atoms with E-state index >= 15 is 0 Å². The fourth-order valence-electron chi connectivity index (χ4n) is 5.14. The van der Waals surface area contributed by atoms with Gasteiger partial charge in [0.25, 0.3) is 0 Å². The molecule has 0 atom stereocenters. The Morgan fingerprint density at radius 2 is 0.927 bits per heavy atom. The van der Waals surface area contributed by atoms with Gasteiger partial charge in [-0.05, 0) is 154 Å². The first kappa shape index (κ1) is 40.8. The summed E-state index contributed by atoms with van der Waals surface area (Å²) in [5.41, 5.74) is -0.422. The Kier molecular flexibility index (Phi) is 12.9. The van der Waals surface area contributed by atoms with Crippen molar-refractivity contribution in [2.24, 2.45) is 0 Å². The van der Waals surface area contributed by atoms with Gasteiger partial charge in [-0.25, -0.2) is 13.2 Å². The fraction of sp³-hybridized carbons (Fsp3) is 0.262. The highest BCUT2D eigenvalue weighted by molar-refractivity contribution is 8.33. The molecule has 5 rings (SSSR count). The van der Waals surface area contributed by atoms with Crippen molar-refractivity contribution in [2.75, 3.05) is 13.2 Å². The number of carbonyl (C=O) groups excluding carboxylic acids is 2. The molecule has 0 aliphatic carbocycles. The third-order valence-corrected chi connectivity index (χ3v) is 12.6. The van der Waals surface area contributed by atoms with E-state index in [0.717, 1.165) is 5.56 Å². The molecular weight excluding hydrogens is 743 g/mol. The van der Waals surface area contributed by atoms with Crippen molar-refractivity contribution in [3.05, 3.63) is 133 Å². The molecule has 1 aromatic heterocycles. The molecule has 0 saturated heterocycles. The summed E-state index contributed by atoms with van der Waals surface area (Å²) in [5.74, 6) is 0.207. The van der Waals surface area contributed by atoms with Crippen LogP contribution in [0.2, 0.25) is 0 Å². The first-order valence-electron chi connectivity index (χ1n) is 17.4. The number of esters is 2. The van der Waals surface area contributed by atoms with Crippen LogP contribution >= 0.6 is 10.3 Å². The van der Waals surface area contributed by atoms with Crippen molar-refractivity contribution >= 4 is 32.4 Å². The summed E-state index contributed by atoms with van der Waals surface area (Å²) in [6, 6.07) is 32.1. The van der Waals surface area contributed by atoms with Gasteiger partial charge in [0.1, 0.15) is 35.1 Å². The largest absolute Gasteiger partial charge is 0.489 e. The summed E-state index contributed by atoms with van der Waals surface area (Å²) in [6.07, 6.45) is 3.37. The number of pyridine rings is 1. The highest BCUT2D eigenvalue weighted by Gasteiger charge is 2.38. The van der Waals surface area contributed by atoms with Crippen LogP contribution in [0.1, 0.15) is 47.1 Å². The van der Waals surface area contributed by atoms with Gasteiger partial charge in [-0.1, -0.05) is 18.2 Å². The molecule has 0 unspecified atom stereocenters. The number of hydrogen-bond acceptors (Lipinski definition) is 11. The normalized spacial score (nSPS) is 12.3. The van der Waals surface area contributed by atoms with Crippen molar-refractivity contribution in [1.29, 1.82) is 0 Å². The second-order valence-electron chi connectivity index (χ2n) is 14.2. The Balaban J connectivity index is 1.57. The molecule has 0 radical (unpaired) electrons. The van der Waals surface area contributed by atoms with Gasteiger partial charge in [0.15, 0.2) is 13.2 Å². The van der Waals surface area contributed by atoms with Crippen LogP contribution in [0.4, 0.5) is 0 Å². The van der Waals surface area contributed by atoms with E-state index in [4.69, 9.17) is 27.3 Å². The van der Waals surface area contributed by atoms with Crippen LogP contribution in [0.15, 0.2) is 147 Å². The molecule has 0 N–H and O–H groups in total. The zero-order valence-electron chi connectivity index (χ0n) is 31.6. The zero-order valence-corrected chi connectivity index (χ0v) is 33.2. The van der Waals surface area contributed by atoms with Crippen LogP contribution in [0.3, 0.4) is 0 Å². The second kappa shape index (κ2) is 17.4. The van der Waals surface area contributed by atoms with Gasteiger partial charge >= 0.3 is 22.1 Å². The number of rotatable bonds is 15. The van der Waals surface area contributed by atoms with Crippen LogP contribution < -0.4 is 14.2 Å². The molecule has 0 spiro atoms. The minimum atomic E-state index is -4.40. The SMILES string of the molecule is CC(C)(C)OC(=O)COc1ccc(S(OS(=O)(=O)c2ccccc2)(c2ccc(OCC(=O)OC(C)(C)C)cc2)c2ccc(OCc3ccncc3)cc2)cc1. The summed E-state index contributed by atoms with van der Waals surface area (Å²) in [7, 11) is -7.51. The third kappa shape index (κ3) is 11.6. The second-order valence-corrected chi connectivity index (χ2v) is 18.7. The van der Waals surface area contributed by atoms with Gasteiger partial charge in [0.2, 0.25) is 0 Å². The molecule has 13 heteroatoms. The molecule has 55 heavy (non-hydrogen) atoms. The lowest BCUT2D eigenvalue weighted by molar-refractivity contribution is -0.158. The summed E-state index contributed by atoms with van der Waals surface area (Å²) >= 11 is 0. The Morgan fingerprint density at radius 3 is 1.33 bits per heavy atom. The summed E-state index contributed by atoms with van der Waals surface area (Å²) in [4.78, 5) is 30.3. The fourth-order valence-corrected chi connectivity index (χ4v) is 10.3. The molecule has 0 amide bonds. The summed E-state index contributed by atoms with van der Waals surface area (Å²) in [5, 5.41) is 0. The Labute approximate surface area is 324 Å². The number of benzene rings is 4. The van der Waals surface area contributed by atoms with E-state index in [-0.39, 0.29) is 18.1 Å². The minimum Gasteiger partial charge on any atom is -0.489 e. The van der Waals surface area contributed by atoms with Crippen LogP contribution in [-0.2, 0) is 39.4 Å². The monoisotopic (exact) mass is 787 g/mol. The van der Waals surface area contributed by atoms with Crippen LogP contribution in [0.5, 0.6) is 17.2 Å². The quantitative estimate of drug-likeness (QED) is 0.0943. The van der Waals surface area contributed by atoms with Crippen LogP contribution in [0.25, 0.3) is 0 Å². The van der Waals surface area contributed by atoms with E-state index in [1.165, 1.54) is 12.1 Å². The molecule has 11 nitrogen and oxygen atoms in total. The number of nitrogens with zero attached hydrogens (tertiary/aromatic N) is 1. The Bertz CT molecular complexity index is 2050. The molecule has 5 aromatic rings. The average molecular weight is 788 g/mol. The highest BCUT2D eigenvalue weighted by Crippen LogP contribution is 2.70. The smallest absolute Gasteiger partial charge is 0.344 e. The third-order valence-electron chi connectivity index (χ3n) is 7.40. The molecule has 0 saturated carbocycles. The van der Waals surface area contributed by atoms with Gasteiger partial charge in [-0.3, -0.25) is 4.98 Å². The maximum atomic E-state index is 14.2. The number of aromatic nitrogens is 1.